The molecule has 1 aromatic carbocycles. The summed E-state index contributed by atoms with van der Waals surface area (Å²) >= 11 is 0. The molecule has 0 saturated heterocycles. The van der Waals surface area contributed by atoms with Crippen LogP contribution >= 0.6 is 0 Å². The van der Waals surface area contributed by atoms with E-state index < -0.39 is 29.7 Å². The summed E-state index contributed by atoms with van der Waals surface area (Å²) < 4.78 is 5.26. The van der Waals surface area contributed by atoms with Crippen LogP contribution in [0.1, 0.15) is 64.3 Å². The number of carbonyl (C=O) groups is 3. The van der Waals surface area contributed by atoms with Gasteiger partial charge in [-0.25, -0.2) is 4.79 Å². The zero-order valence-corrected chi connectivity index (χ0v) is 20.0. The third-order valence-electron chi connectivity index (χ3n) is 4.42. The minimum absolute atomic E-state index is 0.0984. The first-order valence-electron chi connectivity index (χ1n) is 10.5. The van der Waals surface area contributed by atoms with Gasteiger partial charge in [0.1, 0.15) is 17.7 Å². The van der Waals surface area contributed by atoms with Crippen LogP contribution in [-0.2, 0) is 14.3 Å². The lowest BCUT2D eigenvalue weighted by atomic mass is 9.96. The van der Waals surface area contributed by atoms with Gasteiger partial charge in [-0.05, 0) is 66.5 Å². The van der Waals surface area contributed by atoms with Crippen molar-refractivity contribution in [1.29, 1.82) is 0 Å². The Morgan fingerprint density at radius 3 is 2.23 bits per heavy atom. The first-order chi connectivity index (χ1) is 14.3. The molecule has 0 aliphatic carbocycles. The van der Waals surface area contributed by atoms with Gasteiger partial charge in [-0.1, -0.05) is 29.8 Å². The van der Waals surface area contributed by atoms with Gasteiger partial charge in [-0.15, -0.1) is 6.58 Å². The summed E-state index contributed by atoms with van der Waals surface area (Å²) in [6, 6.07) is 3.90. The predicted octanol–water partition coefficient (Wildman–Crippen LogP) is 3.80. The Morgan fingerprint density at radius 1 is 1.13 bits per heavy atom. The van der Waals surface area contributed by atoms with Crippen LogP contribution in [0.3, 0.4) is 0 Å². The number of ether oxygens (including phenoxy) is 1. The molecule has 7 heteroatoms. The number of nitrogens with one attached hydrogen (secondary N) is 2. The van der Waals surface area contributed by atoms with Crippen molar-refractivity contribution in [3.05, 3.63) is 47.5 Å². The van der Waals surface area contributed by atoms with Gasteiger partial charge in [0, 0.05) is 12.6 Å². The molecule has 0 spiro atoms. The average Bonchev–Trinajstić information content (AvgIpc) is 2.59. The van der Waals surface area contributed by atoms with E-state index in [1.807, 2.05) is 45.9 Å². The first kappa shape index (κ1) is 26.2. The van der Waals surface area contributed by atoms with Crippen molar-refractivity contribution in [3.8, 4) is 0 Å². The summed E-state index contributed by atoms with van der Waals surface area (Å²) in [6.07, 6.45) is 0.874. The number of carbonyl (C=O) groups excluding carboxylic acids is 3. The molecule has 1 aromatic rings. The lowest BCUT2D eigenvalue weighted by Crippen LogP contribution is -2.52. The van der Waals surface area contributed by atoms with Crippen LogP contribution in [0.25, 0.3) is 0 Å². The molecule has 7 nitrogen and oxygen atoms in total. The van der Waals surface area contributed by atoms with E-state index in [1.165, 1.54) is 4.90 Å². The molecular formula is C24H37N3O4. The van der Waals surface area contributed by atoms with Gasteiger partial charge in [0.15, 0.2) is 0 Å². The fourth-order valence-corrected chi connectivity index (χ4v) is 3.20. The van der Waals surface area contributed by atoms with Gasteiger partial charge in [-0.2, -0.15) is 0 Å². The van der Waals surface area contributed by atoms with Crippen molar-refractivity contribution in [2.45, 2.75) is 79.1 Å². The van der Waals surface area contributed by atoms with Gasteiger partial charge in [0.2, 0.25) is 11.8 Å². The lowest BCUT2D eigenvalue weighted by Gasteiger charge is -2.34. The predicted molar refractivity (Wildman–Crippen MR) is 123 cm³/mol. The summed E-state index contributed by atoms with van der Waals surface area (Å²) in [6.45, 7) is 18.3. The van der Waals surface area contributed by atoms with Crippen LogP contribution in [-0.4, -0.2) is 47.0 Å². The summed E-state index contributed by atoms with van der Waals surface area (Å²) in [4.78, 5) is 40.1. The van der Waals surface area contributed by atoms with E-state index in [1.54, 1.807) is 33.8 Å². The van der Waals surface area contributed by atoms with E-state index in [0.717, 1.165) is 16.7 Å². The molecule has 0 fully saturated rings. The SMILES string of the molecule is C=CCN(C(=O)C(C)NC(=O)OC(C)(C)C)C(C(=O)NC(C)C)c1ccc(C)cc1C. The van der Waals surface area contributed by atoms with Gasteiger partial charge >= 0.3 is 6.09 Å². The van der Waals surface area contributed by atoms with E-state index in [0.29, 0.717) is 0 Å². The van der Waals surface area contributed by atoms with E-state index >= 15 is 0 Å². The number of amides is 3. The summed E-state index contributed by atoms with van der Waals surface area (Å²) in [5, 5.41) is 5.48. The second-order valence-electron chi connectivity index (χ2n) is 9.07. The van der Waals surface area contributed by atoms with E-state index in [4.69, 9.17) is 4.74 Å². The van der Waals surface area contributed by atoms with Gasteiger partial charge < -0.3 is 20.3 Å². The molecule has 0 radical (unpaired) electrons. The zero-order valence-electron chi connectivity index (χ0n) is 20.0. The molecule has 2 N–H and O–H groups in total. The number of nitrogens with zero attached hydrogens (tertiary/aromatic N) is 1. The second-order valence-corrected chi connectivity index (χ2v) is 9.07. The van der Waals surface area contributed by atoms with E-state index in [2.05, 4.69) is 17.2 Å². The van der Waals surface area contributed by atoms with Crippen molar-refractivity contribution < 1.29 is 19.1 Å². The zero-order chi connectivity index (χ0) is 23.9. The second kappa shape index (κ2) is 11.0. The van der Waals surface area contributed by atoms with Gasteiger partial charge in [0.25, 0.3) is 0 Å². The summed E-state index contributed by atoms with van der Waals surface area (Å²) in [5.41, 5.74) is 2.00. The standard InChI is InChI=1S/C24H37N3O4/c1-10-13-27(22(29)18(6)26-23(30)31-24(7,8)9)20(21(28)25-15(2)3)19-12-11-16(4)14-17(19)5/h10-12,14-15,18,20H,1,13H2,2-9H3,(H,25,28)(H,26,30). The Kier molecular flexibility index (Phi) is 9.28. The molecule has 0 saturated carbocycles. The molecule has 31 heavy (non-hydrogen) atoms. The van der Waals surface area contributed by atoms with Gasteiger partial charge in [0.05, 0.1) is 0 Å². The molecule has 0 aliphatic rings. The third kappa shape index (κ3) is 8.07. The minimum Gasteiger partial charge on any atom is -0.444 e. The molecule has 0 bridgehead atoms. The normalized spacial score (nSPS) is 13.2. The number of hydrogen-bond acceptors (Lipinski definition) is 4. The Morgan fingerprint density at radius 2 is 1.74 bits per heavy atom. The van der Waals surface area contributed by atoms with Crippen LogP contribution in [0.4, 0.5) is 4.79 Å². The fourth-order valence-electron chi connectivity index (χ4n) is 3.20. The molecule has 0 heterocycles. The maximum Gasteiger partial charge on any atom is 0.408 e. The minimum atomic E-state index is -0.894. The van der Waals surface area contributed by atoms with Crippen LogP contribution in [0, 0.1) is 13.8 Å². The van der Waals surface area contributed by atoms with Crippen LogP contribution in [0.15, 0.2) is 30.9 Å². The van der Waals surface area contributed by atoms with Crippen LogP contribution in [0.2, 0.25) is 0 Å². The number of benzene rings is 1. The van der Waals surface area contributed by atoms with E-state index in [-0.39, 0.29) is 18.5 Å². The summed E-state index contributed by atoms with van der Waals surface area (Å²) in [5.74, 6) is -0.698. The number of rotatable bonds is 8. The molecule has 2 unspecified atom stereocenters. The van der Waals surface area contributed by atoms with Crippen molar-refractivity contribution >= 4 is 17.9 Å². The highest BCUT2D eigenvalue weighted by Crippen LogP contribution is 2.26. The third-order valence-corrected chi connectivity index (χ3v) is 4.42. The monoisotopic (exact) mass is 431 g/mol. The Bertz CT molecular complexity index is 812. The Labute approximate surface area is 186 Å². The highest BCUT2D eigenvalue weighted by Gasteiger charge is 2.35. The molecule has 0 aromatic heterocycles. The number of alkyl carbamates (subject to hydrolysis) is 1. The molecule has 1 rings (SSSR count). The smallest absolute Gasteiger partial charge is 0.408 e. The molecular weight excluding hydrogens is 394 g/mol. The topological polar surface area (TPSA) is 87.7 Å². The first-order valence-corrected chi connectivity index (χ1v) is 10.5. The average molecular weight is 432 g/mol. The quantitative estimate of drug-likeness (QED) is 0.613. The van der Waals surface area contributed by atoms with Crippen molar-refractivity contribution in [3.63, 3.8) is 0 Å². The van der Waals surface area contributed by atoms with Crippen molar-refractivity contribution in [2.75, 3.05) is 6.54 Å². The summed E-state index contributed by atoms with van der Waals surface area (Å²) in [7, 11) is 0. The van der Waals surface area contributed by atoms with E-state index in [9.17, 15) is 14.4 Å². The Hall–Kier alpha value is -2.83. The van der Waals surface area contributed by atoms with Crippen molar-refractivity contribution in [2.24, 2.45) is 0 Å². The highest BCUT2D eigenvalue weighted by molar-refractivity contribution is 5.92. The molecule has 2 atom stereocenters. The fraction of sp³-hybridized carbons (Fsp3) is 0.542. The molecule has 0 aliphatic heterocycles. The number of aryl methyl sites for hydroxylation is 2. The Balaban J connectivity index is 3.31. The van der Waals surface area contributed by atoms with Crippen LogP contribution < -0.4 is 10.6 Å². The highest BCUT2D eigenvalue weighted by atomic mass is 16.6. The molecule has 172 valence electrons. The maximum absolute atomic E-state index is 13.3. The van der Waals surface area contributed by atoms with Crippen molar-refractivity contribution in [1.82, 2.24) is 15.5 Å². The largest absolute Gasteiger partial charge is 0.444 e. The van der Waals surface area contributed by atoms with Gasteiger partial charge in [-0.3, -0.25) is 9.59 Å². The lowest BCUT2D eigenvalue weighted by molar-refractivity contribution is -0.141. The molecule has 3 amide bonds. The maximum atomic E-state index is 13.3. The van der Waals surface area contributed by atoms with Crippen LogP contribution in [0.5, 0.6) is 0 Å². The number of hydrogen-bond donors (Lipinski definition) is 2.